The van der Waals surface area contributed by atoms with Gasteiger partial charge in [-0.2, -0.15) is 4.31 Å². The second kappa shape index (κ2) is 8.80. The molecule has 28 heavy (non-hydrogen) atoms. The van der Waals surface area contributed by atoms with Gasteiger partial charge in [-0.25, -0.2) is 8.42 Å². The monoisotopic (exact) mass is 441 g/mol. The van der Waals surface area contributed by atoms with Crippen LogP contribution in [0.4, 0.5) is 5.69 Å². The number of hydrogen-bond donors (Lipinski definition) is 0. The lowest BCUT2D eigenvalue weighted by Gasteiger charge is -2.34. The zero-order valence-corrected chi connectivity index (χ0v) is 17.7. The van der Waals surface area contributed by atoms with Crippen molar-refractivity contribution in [2.24, 2.45) is 0 Å². The summed E-state index contributed by atoms with van der Waals surface area (Å²) >= 11 is 12.0. The summed E-state index contributed by atoms with van der Waals surface area (Å²) in [4.78, 5) is 16.1. The first-order valence-corrected chi connectivity index (χ1v) is 11.0. The van der Waals surface area contributed by atoms with Gasteiger partial charge in [0.15, 0.2) is 0 Å². The summed E-state index contributed by atoms with van der Waals surface area (Å²) in [6.45, 7) is 1.73. The van der Waals surface area contributed by atoms with Crippen molar-refractivity contribution in [2.45, 2.75) is 4.90 Å². The van der Waals surface area contributed by atoms with E-state index in [1.807, 2.05) is 35.2 Å². The van der Waals surface area contributed by atoms with E-state index in [1.165, 1.54) is 10.4 Å². The van der Waals surface area contributed by atoms with Gasteiger partial charge in [-0.1, -0.05) is 47.5 Å². The molecule has 0 aromatic heterocycles. The molecule has 0 radical (unpaired) electrons. The Morgan fingerprint density at radius 1 is 1.00 bits per heavy atom. The van der Waals surface area contributed by atoms with Crippen LogP contribution in [0.3, 0.4) is 0 Å². The van der Waals surface area contributed by atoms with Crippen LogP contribution in [-0.4, -0.2) is 63.3 Å². The van der Waals surface area contributed by atoms with Crippen molar-refractivity contribution >= 4 is 44.8 Å². The molecule has 2 aromatic carbocycles. The van der Waals surface area contributed by atoms with Gasteiger partial charge >= 0.3 is 0 Å². The molecule has 2 aromatic rings. The first-order valence-electron chi connectivity index (χ1n) is 8.79. The van der Waals surface area contributed by atoms with Crippen LogP contribution in [0.15, 0.2) is 53.4 Å². The Balaban J connectivity index is 1.61. The van der Waals surface area contributed by atoms with Crippen LogP contribution < -0.4 is 4.90 Å². The lowest BCUT2D eigenvalue weighted by Crippen LogP contribution is -2.51. The molecule has 6 nitrogen and oxygen atoms in total. The maximum atomic E-state index is 12.9. The fraction of sp³-hybridized carbons (Fsp3) is 0.316. The molecule has 0 saturated carbocycles. The number of halogens is 2. The molecule has 0 aliphatic carbocycles. The Kier molecular flexibility index (Phi) is 6.62. The van der Waals surface area contributed by atoms with Gasteiger partial charge < -0.3 is 4.90 Å². The number of carbonyl (C=O) groups excluding carboxylic acids is 1. The minimum absolute atomic E-state index is 0.00926. The number of likely N-dealkylation sites (N-methyl/N-ethyl adjacent to an activating group) is 1. The summed E-state index contributed by atoms with van der Waals surface area (Å²) in [5.74, 6) is -0.0413. The van der Waals surface area contributed by atoms with Gasteiger partial charge in [-0.05, 0) is 24.3 Å². The van der Waals surface area contributed by atoms with Crippen LogP contribution in [0.2, 0.25) is 10.0 Å². The molecule has 1 aliphatic heterocycles. The highest BCUT2D eigenvalue weighted by Crippen LogP contribution is 2.31. The van der Waals surface area contributed by atoms with Crippen molar-refractivity contribution in [3.8, 4) is 0 Å². The van der Waals surface area contributed by atoms with Gasteiger partial charge in [0.1, 0.15) is 4.90 Å². The second-order valence-corrected chi connectivity index (χ2v) is 9.21. The van der Waals surface area contributed by atoms with Crippen molar-refractivity contribution in [2.75, 3.05) is 44.7 Å². The third kappa shape index (κ3) is 4.50. The molecule has 1 amide bonds. The Bertz CT molecular complexity index is 946. The van der Waals surface area contributed by atoms with Crippen molar-refractivity contribution in [1.29, 1.82) is 0 Å². The van der Waals surface area contributed by atoms with E-state index in [0.29, 0.717) is 13.1 Å². The van der Waals surface area contributed by atoms with E-state index in [1.54, 1.807) is 24.1 Å². The normalized spacial score (nSPS) is 16.1. The zero-order chi connectivity index (χ0) is 20.3. The van der Waals surface area contributed by atoms with E-state index in [9.17, 15) is 13.2 Å². The van der Waals surface area contributed by atoms with Gasteiger partial charge in [0, 0.05) is 38.9 Å². The standard InChI is InChI=1S/C19H21Cl2N3O3S/c1-22(15-6-3-2-4-7-15)18(25)14-23-10-12-24(13-11-23)28(26,27)17-9-5-8-16(20)19(17)21/h2-9H,10-14H2,1H3. The largest absolute Gasteiger partial charge is 0.314 e. The smallest absolute Gasteiger partial charge is 0.244 e. The summed E-state index contributed by atoms with van der Waals surface area (Å²) < 4.78 is 27.1. The highest BCUT2D eigenvalue weighted by Gasteiger charge is 2.31. The number of anilines is 1. The van der Waals surface area contributed by atoms with Crippen LogP contribution in [0.5, 0.6) is 0 Å². The Hall–Kier alpha value is -1.64. The molecule has 3 rings (SSSR count). The van der Waals surface area contributed by atoms with E-state index >= 15 is 0 Å². The van der Waals surface area contributed by atoms with E-state index in [2.05, 4.69) is 0 Å². The van der Waals surface area contributed by atoms with Gasteiger partial charge in [0.2, 0.25) is 15.9 Å². The molecular formula is C19H21Cl2N3O3S. The number of hydrogen-bond acceptors (Lipinski definition) is 4. The fourth-order valence-electron chi connectivity index (χ4n) is 3.04. The summed E-state index contributed by atoms with van der Waals surface area (Å²) in [6.07, 6.45) is 0. The number of benzene rings is 2. The summed E-state index contributed by atoms with van der Waals surface area (Å²) in [6, 6.07) is 14.0. The number of piperazine rings is 1. The minimum Gasteiger partial charge on any atom is -0.314 e. The summed E-state index contributed by atoms with van der Waals surface area (Å²) in [5.41, 5.74) is 0.823. The first kappa shape index (κ1) is 21.1. The van der Waals surface area contributed by atoms with Gasteiger partial charge in [-0.3, -0.25) is 9.69 Å². The number of para-hydroxylation sites is 1. The number of nitrogens with zero attached hydrogens (tertiary/aromatic N) is 3. The van der Waals surface area contributed by atoms with Gasteiger partial charge in [0.05, 0.1) is 16.6 Å². The van der Waals surface area contributed by atoms with Gasteiger partial charge in [-0.15, -0.1) is 0 Å². The van der Waals surface area contributed by atoms with E-state index in [4.69, 9.17) is 23.2 Å². The summed E-state index contributed by atoms with van der Waals surface area (Å²) in [7, 11) is -2.00. The summed E-state index contributed by atoms with van der Waals surface area (Å²) in [5, 5.41) is 0.238. The Morgan fingerprint density at radius 3 is 2.29 bits per heavy atom. The molecule has 9 heteroatoms. The first-order chi connectivity index (χ1) is 13.3. The number of amides is 1. The predicted molar refractivity (Wildman–Crippen MR) is 112 cm³/mol. The van der Waals surface area contributed by atoms with E-state index < -0.39 is 10.0 Å². The average molecular weight is 442 g/mol. The van der Waals surface area contributed by atoms with Crippen LogP contribution in [0.1, 0.15) is 0 Å². The predicted octanol–water partition coefficient (Wildman–Crippen LogP) is 2.96. The third-order valence-corrected chi connectivity index (χ3v) is 7.61. The maximum Gasteiger partial charge on any atom is 0.244 e. The number of carbonyl (C=O) groups is 1. The van der Waals surface area contributed by atoms with E-state index in [0.717, 1.165) is 5.69 Å². The molecular weight excluding hydrogens is 421 g/mol. The van der Waals surface area contributed by atoms with Crippen molar-refractivity contribution < 1.29 is 13.2 Å². The highest BCUT2D eigenvalue weighted by atomic mass is 35.5. The molecule has 0 N–H and O–H groups in total. The maximum absolute atomic E-state index is 12.9. The molecule has 0 bridgehead atoms. The van der Waals surface area contributed by atoms with Crippen LogP contribution in [0.25, 0.3) is 0 Å². The van der Waals surface area contributed by atoms with E-state index in [-0.39, 0.29) is 40.5 Å². The average Bonchev–Trinajstić information content (AvgIpc) is 2.70. The highest BCUT2D eigenvalue weighted by molar-refractivity contribution is 7.89. The van der Waals surface area contributed by atoms with Crippen molar-refractivity contribution in [3.63, 3.8) is 0 Å². The van der Waals surface area contributed by atoms with Crippen molar-refractivity contribution in [3.05, 3.63) is 58.6 Å². The lowest BCUT2D eigenvalue weighted by atomic mass is 10.3. The van der Waals surface area contributed by atoms with Crippen molar-refractivity contribution in [1.82, 2.24) is 9.21 Å². The molecule has 0 spiro atoms. The topological polar surface area (TPSA) is 60.9 Å². The Morgan fingerprint density at radius 2 is 1.64 bits per heavy atom. The minimum atomic E-state index is -3.73. The Labute approximate surface area is 175 Å². The molecule has 1 saturated heterocycles. The molecule has 1 heterocycles. The number of rotatable bonds is 5. The lowest BCUT2D eigenvalue weighted by molar-refractivity contribution is -0.119. The number of sulfonamides is 1. The molecule has 0 atom stereocenters. The second-order valence-electron chi connectivity index (χ2n) is 6.52. The molecule has 1 fully saturated rings. The molecule has 1 aliphatic rings. The SMILES string of the molecule is CN(C(=O)CN1CCN(S(=O)(=O)c2cccc(Cl)c2Cl)CC1)c1ccccc1. The zero-order valence-electron chi connectivity index (χ0n) is 15.4. The quantitative estimate of drug-likeness (QED) is 0.715. The van der Waals surface area contributed by atoms with Crippen LogP contribution >= 0.6 is 23.2 Å². The molecule has 150 valence electrons. The molecule has 0 unspecified atom stereocenters. The van der Waals surface area contributed by atoms with Gasteiger partial charge in [0.25, 0.3) is 0 Å². The van der Waals surface area contributed by atoms with Crippen LogP contribution in [-0.2, 0) is 14.8 Å². The third-order valence-electron chi connectivity index (χ3n) is 4.74. The fourth-order valence-corrected chi connectivity index (χ4v) is 5.20. The van der Waals surface area contributed by atoms with Crippen LogP contribution in [0, 0.1) is 0 Å².